The fourth-order valence-corrected chi connectivity index (χ4v) is 1.54. The second kappa shape index (κ2) is 6.34. The molecule has 0 aliphatic heterocycles. The zero-order valence-electron chi connectivity index (χ0n) is 11.3. The second-order valence-corrected chi connectivity index (χ2v) is 4.26. The summed E-state index contributed by atoms with van der Waals surface area (Å²) in [7, 11) is 0. The molecule has 0 aliphatic carbocycles. The molecule has 0 bridgehead atoms. The lowest BCUT2D eigenvalue weighted by molar-refractivity contribution is -0.167. The van der Waals surface area contributed by atoms with Crippen LogP contribution >= 0.6 is 0 Å². The molecule has 1 heterocycles. The van der Waals surface area contributed by atoms with Gasteiger partial charge >= 0.3 is 18.1 Å². The van der Waals surface area contributed by atoms with E-state index in [1.54, 1.807) is 5.32 Å². The lowest BCUT2D eigenvalue weighted by Gasteiger charge is -2.09. The van der Waals surface area contributed by atoms with Crippen molar-refractivity contribution in [1.29, 1.82) is 0 Å². The number of hydrogen-bond donors (Lipinski definition) is 2. The van der Waals surface area contributed by atoms with E-state index in [4.69, 9.17) is 9.84 Å². The minimum absolute atomic E-state index is 0.0550. The number of carboxylic acids is 1. The molecule has 0 aliphatic rings. The van der Waals surface area contributed by atoms with Gasteiger partial charge in [-0.25, -0.2) is 9.78 Å². The summed E-state index contributed by atoms with van der Waals surface area (Å²) in [6.45, 7) is 0. The molecule has 1 amide bonds. The molecular weight excluding hydrogens is 317 g/mol. The summed E-state index contributed by atoms with van der Waals surface area (Å²) in [5, 5.41) is 10.5. The Morgan fingerprint density at radius 1 is 1.09 bits per heavy atom. The Balaban J connectivity index is 2.07. The van der Waals surface area contributed by atoms with Crippen LogP contribution in [0.15, 0.2) is 42.6 Å². The number of carbonyl (C=O) groups is 2. The highest BCUT2D eigenvalue weighted by molar-refractivity contribution is 5.94. The summed E-state index contributed by atoms with van der Waals surface area (Å²) in [6.07, 6.45) is -3.73. The molecule has 1 aromatic heterocycles. The van der Waals surface area contributed by atoms with Crippen molar-refractivity contribution in [3.8, 4) is 11.5 Å². The fourth-order valence-electron chi connectivity index (χ4n) is 1.54. The van der Waals surface area contributed by atoms with E-state index in [9.17, 15) is 22.8 Å². The van der Waals surface area contributed by atoms with Crippen LogP contribution in [0, 0.1) is 0 Å². The molecule has 0 fully saturated rings. The highest BCUT2D eigenvalue weighted by Crippen LogP contribution is 2.24. The Morgan fingerprint density at radius 2 is 1.74 bits per heavy atom. The van der Waals surface area contributed by atoms with Crippen LogP contribution in [0.2, 0.25) is 0 Å². The number of rotatable bonds is 4. The van der Waals surface area contributed by atoms with Gasteiger partial charge in [0.25, 0.3) is 0 Å². The third-order valence-electron chi connectivity index (χ3n) is 2.56. The highest BCUT2D eigenvalue weighted by Gasteiger charge is 2.38. The van der Waals surface area contributed by atoms with E-state index in [0.717, 1.165) is 0 Å². The number of carboxylic acid groups (broad SMARTS) is 1. The minimum Gasteiger partial charge on any atom is -0.477 e. The molecule has 9 heteroatoms. The third-order valence-corrected chi connectivity index (χ3v) is 2.56. The molecule has 1 aromatic carbocycles. The number of amides is 1. The molecule has 2 rings (SSSR count). The summed E-state index contributed by atoms with van der Waals surface area (Å²) in [5.74, 6) is -2.85. The molecule has 0 radical (unpaired) electrons. The number of carbonyl (C=O) groups excluding carboxylic acids is 1. The van der Waals surface area contributed by atoms with Crippen LogP contribution in [0.5, 0.6) is 11.5 Å². The van der Waals surface area contributed by atoms with Gasteiger partial charge in [-0.2, -0.15) is 13.2 Å². The van der Waals surface area contributed by atoms with E-state index in [0.29, 0.717) is 0 Å². The van der Waals surface area contributed by atoms with E-state index >= 15 is 0 Å². The normalized spacial score (nSPS) is 10.9. The number of nitrogens with zero attached hydrogens (tertiary/aromatic N) is 1. The molecule has 0 spiro atoms. The fraction of sp³-hybridized carbons (Fsp3) is 0.0714. The first-order chi connectivity index (χ1) is 10.8. The maximum atomic E-state index is 12.1. The number of hydrogen-bond acceptors (Lipinski definition) is 4. The molecule has 23 heavy (non-hydrogen) atoms. The Hall–Kier alpha value is -3.10. The Morgan fingerprint density at radius 3 is 2.30 bits per heavy atom. The van der Waals surface area contributed by atoms with Crippen molar-refractivity contribution < 1.29 is 32.6 Å². The second-order valence-electron chi connectivity index (χ2n) is 4.26. The van der Waals surface area contributed by atoms with Gasteiger partial charge in [-0.1, -0.05) is 0 Å². The molecule has 0 saturated carbocycles. The SMILES string of the molecule is O=C(O)c1cc(Oc2ccc(NC(=O)C(F)(F)F)cc2)ccn1. The van der Waals surface area contributed by atoms with Crippen molar-refractivity contribution in [1.82, 2.24) is 4.98 Å². The molecule has 120 valence electrons. The van der Waals surface area contributed by atoms with Crippen LogP contribution in [-0.4, -0.2) is 28.1 Å². The summed E-state index contributed by atoms with van der Waals surface area (Å²) in [5.41, 5.74) is -0.266. The predicted octanol–water partition coefficient (Wildman–Crippen LogP) is 3.07. The van der Waals surface area contributed by atoms with Crippen LogP contribution in [-0.2, 0) is 4.79 Å². The van der Waals surface area contributed by atoms with Crippen LogP contribution in [0.1, 0.15) is 10.5 Å². The average molecular weight is 326 g/mol. The Kier molecular flexibility index (Phi) is 4.49. The van der Waals surface area contributed by atoms with Crippen molar-refractivity contribution in [2.75, 3.05) is 5.32 Å². The van der Waals surface area contributed by atoms with Crippen LogP contribution in [0.4, 0.5) is 18.9 Å². The van der Waals surface area contributed by atoms with E-state index in [1.807, 2.05) is 0 Å². The average Bonchev–Trinajstić information content (AvgIpc) is 2.48. The quantitative estimate of drug-likeness (QED) is 0.901. The van der Waals surface area contributed by atoms with Gasteiger partial charge in [0.1, 0.15) is 11.5 Å². The summed E-state index contributed by atoms with van der Waals surface area (Å²) in [6, 6.07) is 7.71. The third kappa shape index (κ3) is 4.43. The monoisotopic (exact) mass is 326 g/mol. The number of aromatic nitrogens is 1. The minimum atomic E-state index is -4.97. The zero-order chi connectivity index (χ0) is 17.0. The van der Waals surface area contributed by atoms with Crippen molar-refractivity contribution in [3.63, 3.8) is 0 Å². The van der Waals surface area contributed by atoms with E-state index in [2.05, 4.69) is 4.98 Å². The predicted molar refractivity (Wildman–Crippen MR) is 72.4 cm³/mol. The summed E-state index contributed by atoms with van der Waals surface area (Å²) in [4.78, 5) is 25.2. The number of pyridine rings is 1. The molecule has 0 atom stereocenters. The van der Waals surface area contributed by atoms with Crippen molar-refractivity contribution in [2.45, 2.75) is 6.18 Å². The first-order valence-electron chi connectivity index (χ1n) is 6.11. The number of nitrogens with one attached hydrogen (secondary N) is 1. The van der Waals surface area contributed by atoms with Crippen molar-refractivity contribution in [2.24, 2.45) is 0 Å². The van der Waals surface area contributed by atoms with Gasteiger partial charge in [0, 0.05) is 18.0 Å². The van der Waals surface area contributed by atoms with Gasteiger partial charge in [0.15, 0.2) is 5.69 Å². The topological polar surface area (TPSA) is 88.5 Å². The molecular formula is C14H9F3N2O4. The summed E-state index contributed by atoms with van der Waals surface area (Å²) >= 11 is 0. The van der Waals surface area contributed by atoms with Gasteiger partial charge in [0.05, 0.1) is 0 Å². The van der Waals surface area contributed by atoms with Gasteiger partial charge in [-0.3, -0.25) is 4.79 Å². The van der Waals surface area contributed by atoms with Gasteiger partial charge in [-0.05, 0) is 30.3 Å². The van der Waals surface area contributed by atoms with Gasteiger partial charge < -0.3 is 15.2 Å². The Bertz CT molecular complexity index is 730. The number of benzene rings is 1. The maximum Gasteiger partial charge on any atom is 0.471 e. The molecule has 0 saturated heterocycles. The van der Waals surface area contributed by atoms with Crippen LogP contribution in [0.25, 0.3) is 0 Å². The smallest absolute Gasteiger partial charge is 0.471 e. The number of aromatic carboxylic acids is 1. The van der Waals surface area contributed by atoms with Gasteiger partial charge in [0.2, 0.25) is 0 Å². The molecule has 6 nitrogen and oxygen atoms in total. The van der Waals surface area contributed by atoms with Gasteiger partial charge in [-0.15, -0.1) is 0 Å². The number of halogens is 3. The van der Waals surface area contributed by atoms with E-state index in [1.165, 1.54) is 42.6 Å². The lowest BCUT2D eigenvalue weighted by atomic mass is 10.3. The van der Waals surface area contributed by atoms with E-state index in [-0.39, 0.29) is 22.9 Å². The van der Waals surface area contributed by atoms with Crippen LogP contribution in [0.3, 0.4) is 0 Å². The first kappa shape index (κ1) is 16.3. The number of anilines is 1. The van der Waals surface area contributed by atoms with Crippen molar-refractivity contribution >= 4 is 17.6 Å². The standard InChI is InChI=1S/C14H9F3N2O4/c15-14(16,17)13(22)19-8-1-3-9(4-2-8)23-10-5-6-18-11(7-10)12(20)21/h1-7H,(H,19,22)(H,20,21). The molecule has 2 N–H and O–H groups in total. The first-order valence-corrected chi connectivity index (χ1v) is 6.11. The number of ether oxygens (including phenoxy) is 1. The summed E-state index contributed by atoms with van der Waals surface area (Å²) < 4.78 is 41.7. The largest absolute Gasteiger partial charge is 0.477 e. The zero-order valence-corrected chi connectivity index (χ0v) is 11.3. The van der Waals surface area contributed by atoms with Crippen molar-refractivity contribution in [3.05, 3.63) is 48.3 Å². The Labute approximate surface area is 127 Å². The molecule has 0 unspecified atom stereocenters. The molecule has 2 aromatic rings. The maximum absolute atomic E-state index is 12.1. The number of alkyl halides is 3. The van der Waals surface area contributed by atoms with Crippen LogP contribution < -0.4 is 10.1 Å². The highest BCUT2D eigenvalue weighted by atomic mass is 19.4. The van der Waals surface area contributed by atoms with E-state index < -0.39 is 18.1 Å². The lowest BCUT2D eigenvalue weighted by Crippen LogP contribution is -2.29.